The van der Waals surface area contributed by atoms with Crippen molar-refractivity contribution in [1.29, 1.82) is 0 Å². The lowest BCUT2D eigenvalue weighted by atomic mass is 9.79. The lowest BCUT2D eigenvalue weighted by Crippen LogP contribution is -2.32. The predicted molar refractivity (Wildman–Crippen MR) is 48.1 cm³/mol. The summed E-state index contributed by atoms with van der Waals surface area (Å²) >= 11 is 0. The molecule has 1 aromatic heterocycles. The maximum atomic E-state index is 11.2. The molecular formula is C9H11N3O3. The molecule has 80 valence electrons. The van der Waals surface area contributed by atoms with E-state index in [1.807, 2.05) is 0 Å². The van der Waals surface area contributed by atoms with Crippen LogP contribution in [0.15, 0.2) is 6.33 Å². The smallest absolute Gasteiger partial charge is 0.309 e. The Morgan fingerprint density at radius 1 is 1.53 bits per heavy atom. The number of H-pyrrole nitrogens is 1. The van der Waals surface area contributed by atoms with E-state index in [4.69, 9.17) is 9.84 Å². The van der Waals surface area contributed by atoms with Crippen LogP contribution in [0.4, 0.5) is 0 Å². The normalized spacial score (nSPS) is 38.4. The molecule has 0 amide bonds. The molecule has 0 radical (unpaired) electrons. The molecule has 2 unspecified atom stereocenters. The maximum Gasteiger partial charge on any atom is 0.309 e. The van der Waals surface area contributed by atoms with E-state index in [1.54, 1.807) is 0 Å². The summed E-state index contributed by atoms with van der Waals surface area (Å²) in [5.74, 6) is -0.807. The molecule has 3 rings (SSSR count). The molecule has 4 atom stereocenters. The second kappa shape index (κ2) is 3.03. The first-order valence-corrected chi connectivity index (χ1v) is 5.01. The van der Waals surface area contributed by atoms with Crippen LogP contribution >= 0.6 is 0 Å². The van der Waals surface area contributed by atoms with Crippen LogP contribution in [0.1, 0.15) is 24.6 Å². The molecule has 6 heteroatoms. The van der Waals surface area contributed by atoms with Gasteiger partial charge in [0.15, 0.2) is 0 Å². The number of carboxylic acids is 1. The number of carboxylic acid groups (broad SMARTS) is 1. The van der Waals surface area contributed by atoms with E-state index >= 15 is 0 Å². The van der Waals surface area contributed by atoms with Gasteiger partial charge in [0.1, 0.15) is 12.2 Å². The summed E-state index contributed by atoms with van der Waals surface area (Å²) in [5, 5.41) is 15.7. The van der Waals surface area contributed by atoms with E-state index in [1.165, 1.54) is 6.33 Å². The second-order valence-electron chi connectivity index (χ2n) is 4.05. The van der Waals surface area contributed by atoms with E-state index in [0.717, 1.165) is 12.8 Å². The van der Waals surface area contributed by atoms with Crippen molar-refractivity contribution in [1.82, 2.24) is 15.2 Å². The van der Waals surface area contributed by atoms with Gasteiger partial charge < -0.3 is 9.84 Å². The Bertz CT molecular complexity index is 378. The van der Waals surface area contributed by atoms with Gasteiger partial charge >= 0.3 is 5.97 Å². The van der Waals surface area contributed by atoms with E-state index in [-0.39, 0.29) is 18.1 Å². The third-order valence-corrected chi connectivity index (χ3v) is 3.31. The number of aromatic nitrogens is 3. The molecule has 15 heavy (non-hydrogen) atoms. The number of nitrogens with one attached hydrogen (secondary N) is 1. The van der Waals surface area contributed by atoms with Gasteiger partial charge in [-0.3, -0.25) is 9.89 Å². The number of nitrogens with zero attached hydrogens (tertiary/aromatic N) is 2. The Morgan fingerprint density at radius 3 is 3.00 bits per heavy atom. The van der Waals surface area contributed by atoms with Gasteiger partial charge in [0.25, 0.3) is 0 Å². The number of aromatic amines is 1. The average molecular weight is 209 g/mol. The first-order valence-electron chi connectivity index (χ1n) is 5.01. The van der Waals surface area contributed by atoms with Crippen molar-refractivity contribution in [3.8, 4) is 0 Å². The number of hydrogen-bond donors (Lipinski definition) is 2. The molecule has 0 aromatic carbocycles. The quantitative estimate of drug-likeness (QED) is 0.723. The zero-order valence-electron chi connectivity index (χ0n) is 7.96. The molecule has 0 spiro atoms. The summed E-state index contributed by atoms with van der Waals surface area (Å²) in [7, 11) is 0. The van der Waals surface area contributed by atoms with Crippen molar-refractivity contribution in [2.75, 3.05) is 0 Å². The Hall–Kier alpha value is -1.43. The number of rotatable bonds is 2. The second-order valence-corrected chi connectivity index (χ2v) is 4.05. The third-order valence-electron chi connectivity index (χ3n) is 3.31. The van der Waals surface area contributed by atoms with Gasteiger partial charge in [0.05, 0.1) is 24.0 Å². The molecule has 2 aliphatic rings. The minimum absolute atomic E-state index is 0.0101. The molecule has 2 N–H and O–H groups in total. The van der Waals surface area contributed by atoms with Crippen molar-refractivity contribution in [2.24, 2.45) is 5.92 Å². The number of aliphatic carboxylic acids is 1. The summed E-state index contributed by atoms with van der Waals surface area (Å²) in [4.78, 5) is 15.2. The largest absolute Gasteiger partial charge is 0.481 e. The lowest BCUT2D eigenvalue weighted by molar-refractivity contribution is -0.143. The van der Waals surface area contributed by atoms with Crippen LogP contribution in [-0.2, 0) is 9.53 Å². The Balaban J connectivity index is 1.96. The van der Waals surface area contributed by atoms with Crippen LogP contribution in [0.3, 0.4) is 0 Å². The van der Waals surface area contributed by atoms with Crippen molar-refractivity contribution in [3.05, 3.63) is 12.2 Å². The Morgan fingerprint density at radius 2 is 2.33 bits per heavy atom. The van der Waals surface area contributed by atoms with E-state index in [0.29, 0.717) is 5.82 Å². The number of ether oxygens (including phenoxy) is 1. The summed E-state index contributed by atoms with van der Waals surface area (Å²) in [6, 6.07) is 0. The summed E-state index contributed by atoms with van der Waals surface area (Å²) in [6.07, 6.45) is 3.00. The molecular weight excluding hydrogens is 198 g/mol. The fourth-order valence-electron chi connectivity index (χ4n) is 2.71. The average Bonchev–Trinajstić information content (AvgIpc) is 2.92. The predicted octanol–water partition coefficient (Wildman–Crippen LogP) is 0.150. The van der Waals surface area contributed by atoms with Crippen LogP contribution in [-0.4, -0.2) is 38.5 Å². The fraction of sp³-hybridized carbons (Fsp3) is 0.667. The standard InChI is InChI=1S/C9H11N3O3/c13-9(14)7-5-2-1-4(15-5)6(7)8-10-3-11-12-8/h3-7H,1-2H2,(H,13,14)(H,10,11,12)/t4?,5?,6-,7+/m1/s1. The molecule has 2 aliphatic heterocycles. The third kappa shape index (κ3) is 1.18. The van der Waals surface area contributed by atoms with Crippen LogP contribution in [0, 0.1) is 5.92 Å². The molecule has 0 aliphatic carbocycles. The zero-order valence-corrected chi connectivity index (χ0v) is 7.96. The van der Waals surface area contributed by atoms with Gasteiger partial charge in [0.2, 0.25) is 0 Å². The van der Waals surface area contributed by atoms with Crippen LogP contribution in [0.2, 0.25) is 0 Å². The highest BCUT2D eigenvalue weighted by molar-refractivity contribution is 5.73. The first kappa shape index (κ1) is 8.84. The minimum Gasteiger partial charge on any atom is -0.481 e. The number of hydrogen-bond acceptors (Lipinski definition) is 4. The summed E-state index contributed by atoms with van der Waals surface area (Å²) in [6.45, 7) is 0. The van der Waals surface area contributed by atoms with Crippen molar-refractivity contribution in [3.63, 3.8) is 0 Å². The highest BCUT2D eigenvalue weighted by Gasteiger charge is 2.54. The maximum absolute atomic E-state index is 11.2. The molecule has 6 nitrogen and oxygen atoms in total. The van der Waals surface area contributed by atoms with E-state index in [2.05, 4.69) is 15.2 Å². The van der Waals surface area contributed by atoms with E-state index in [9.17, 15) is 4.79 Å². The molecule has 3 heterocycles. The molecule has 1 aromatic rings. The van der Waals surface area contributed by atoms with Gasteiger partial charge in [-0.2, -0.15) is 5.10 Å². The van der Waals surface area contributed by atoms with Crippen molar-refractivity contribution >= 4 is 5.97 Å². The molecule has 2 saturated heterocycles. The Kier molecular flexibility index (Phi) is 1.79. The fourth-order valence-corrected chi connectivity index (χ4v) is 2.71. The summed E-state index contributed by atoms with van der Waals surface area (Å²) < 4.78 is 5.61. The van der Waals surface area contributed by atoms with Crippen LogP contribution in [0.5, 0.6) is 0 Å². The SMILES string of the molecule is O=C(O)[C@H]1C2CCC(O2)[C@H]1c1ncn[nH]1. The minimum atomic E-state index is -0.802. The van der Waals surface area contributed by atoms with Crippen LogP contribution < -0.4 is 0 Å². The molecule has 2 bridgehead atoms. The van der Waals surface area contributed by atoms with Gasteiger partial charge in [-0.1, -0.05) is 0 Å². The van der Waals surface area contributed by atoms with E-state index < -0.39 is 11.9 Å². The lowest BCUT2D eigenvalue weighted by Gasteiger charge is -2.22. The van der Waals surface area contributed by atoms with Gasteiger partial charge in [-0.25, -0.2) is 4.98 Å². The zero-order chi connectivity index (χ0) is 10.4. The van der Waals surface area contributed by atoms with Crippen LogP contribution in [0.25, 0.3) is 0 Å². The highest BCUT2D eigenvalue weighted by atomic mass is 16.5. The monoisotopic (exact) mass is 209 g/mol. The van der Waals surface area contributed by atoms with Gasteiger partial charge in [-0.15, -0.1) is 0 Å². The van der Waals surface area contributed by atoms with Crippen molar-refractivity contribution in [2.45, 2.75) is 31.0 Å². The van der Waals surface area contributed by atoms with Crippen molar-refractivity contribution < 1.29 is 14.6 Å². The van der Waals surface area contributed by atoms with Gasteiger partial charge in [0, 0.05) is 0 Å². The molecule has 0 saturated carbocycles. The molecule has 2 fully saturated rings. The topological polar surface area (TPSA) is 88.1 Å². The first-order chi connectivity index (χ1) is 7.27. The Labute approximate surface area is 85.7 Å². The number of fused-ring (bicyclic) bond motifs is 2. The summed E-state index contributed by atoms with van der Waals surface area (Å²) in [5.41, 5.74) is 0. The van der Waals surface area contributed by atoms with Gasteiger partial charge in [-0.05, 0) is 12.8 Å². The number of carbonyl (C=O) groups is 1. The highest BCUT2D eigenvalue weighted by Crippen LogP contribution is 2.47.